The van der Waals surface area contributed by atoms with Crippen LogP contribution >= 0.6 is 0 Å². The van der Waals surface area contributed by atoms with Crippen molar-refractivity contribution in [2.75, 3.05) is 33.0 Å². The van der Waals surface area contributed by atoms with Gasteiger partial charge < -0.3 is 20.2 Å². The van der Waals surface area contributed by atoms with E-state index in [9.17, 15) is 14.4 Å². The van der Waals surface area contributed by atoms with Gasteiger partial charge in [-0.3, -0.25) is 4.79 Å². The molecular formula is C14H19N3O4. The Morgan fingerprint density at radius 3 is 2.33 bits per heavy atom. The number of carboxylic acids is 1. The summed E-state index contributed by atoms with van der Waals surface area (Å²) < 4.78 is 0. The number of likely N-dealkylation sites (N-methyl/N-ethyl adjacent to an activating group) is 2. The molecule has 0 aromatic heterocycles. The Morgan fingerprint density at radius 1 is 1.19 bits per heavy atom. The van der Waals surface area contributed by atoms with Crippen LogP contribution in [0.2, 0.25) is 0 Å². The van der Waals surface area contributed by atoms with Crippen LogP contribution in [0.15, 0.2) is 18.2 Å². The van der Waals surface area contributed by atoms with Crippen molar-refractivity contribution in [1.82, 2.24) is 9.80 Å². The number of urea groups is 1. The lowest BCUT2D eigenvalue weighted by Crippen LogP contribution is -2.40. The summed E-state index contributed by atoms with van der Waals surface area (Å²) in [6.45, 7) is 1.67. The summed E-state index contributed by atoms with van der Waals surface area (Å²) >= 11 is 0. The smallest absolute Gasteiger partial charge is 0.337 e. The lowest BCUT2D eigenvalue weighted by Gasteiger charge is -2.20. The number of nitrogens with one attached hydrogen (secondary N) is 1. The number of nitrogens with zero attached hydrogens (tertiary/aromatic N) is 2. The van der Waals surface area contributed by atoms with Gasteiger partial charge in [0.1, 0.15) is 6.54 Å². The van der Waals surface area contributed by atoms with E-state index in [4.69, 9.17) is 5.11 Å². The molecule has 3 amide bonds. The van der Waals surface area contributed by atoms with Gasteiger partial charge in [-0.2, -0.15) is 0 Å². The molecule has 0 atom stereocenters. The molecule has 0 radical (unpaired) electrons. The van der Waals surface area contributed by atoms with Crippen molar-refractivity contribution in [1.29, 1.82) is 0 Å². The molecule has 0 saturated carbocycles. The standard InChI is InChI=1S/C14H19N3O4/c1-9-5-6-11(10(7-9)13(19)20)15-14(21)17(4)8-12(18)16(2)3/h5-7H,8H2,1-4H3,(H,15,21)(H,19,20). The third-order valence-electron chi connectivity index (χ3n) is 2.87. The van der Waals surface area contributed by atoms with Crippen molar-refractivity contribution < 1.29 is 19.5 Å². The average molecular weight is 293 g/mol. The van der Waals surface area contributed by atoms with Crippen molar-refractivity contribution in [3.8, 4) is 0 Å². The van der Waals surface area contributed by atoms with E-state index in [2.05, 4.69) is 5.32 Å². The van der Waals surface area contributed by atoms with E-state index in [1.54, 1.807) is 27.1 Å². The molecule has 0 aliphatic carbocycles. The Bertz CT molecular complexity index is 569. The number of benzene rings is 1. The lowest BCUT2D eigenvalue weighted by molar-refractivity contribution is -0.129. The number of amides is 3. The van der Waals surface area contributed by atoms with E-state index in [0.29, 0.717) is 0 Å². The third kappa shape index (κ3) is 4.48. The number of anilines is 1. The Morgan fingerprint density at radius 2 is 1.81 bits per heavy atom. The highest BCUT2D eigenvalue weighted by molar-refractivity contribution is 6.00. The lowest BCUT2D eigenvalue weighted by atomic mass is 10.1. The maximum absolute atomic E-state index is 12.0. The van der Waals surface area contributed by atoms with E-state index in [1.165, 1.54) is 29.0 Å². The van der Waals surface area contributed by atoms with Crippen LogP contribution in [-0.2, 0) is 4.79 Å². The summed E-state index contributed by atoms with van der Waals surface area (Å²) in [4.78, 5) is 37.2. The largest absolute Gasteiger partial charge is 0.478 e. The molecule has 21 heavy (non-hydrogen) atoms. The maximum atomic E-state index is 12.0. The summed E-state index contributed by atoms with van der Waals surface area (Å²) in [6, 6.07) is 4.16. The summed E-state index contributed by atoms with van der Waals surface area (Å²) in [5, 5.41) is 11.6. The molecular weight excluding hydrogens is 274 g/mol. The topological polar surface area (TPSA) is 90.0 Å². The zero-order valence-corrected chi connectivity index (χ0v) is 12.5. The first-order chi connectivity index (χ1) is 9.72. The molecule has 0 spiro atoms. The van der Waals surface area contributed by atoms with E-state index < -0.39 is 12.0 Å². The van der Waals surface area contributed by atoms with Crippen molar-refractivity contribution in [2.45, 2.75) is 6.92 Å². The van der Waals surface area contributed by atoms with Crippen LogP contribution in [-0.4, -0.2) is 60.5 Å². The molecule has 1 aromatic rings. The summed E-state index contributed by atoms with van der Waals surface area (Å²) in [5.41, 5.74) is 0.986. The van der Waals surface area contributed by atoms with Gasteiger partial charge in [0.2, 0.25) is 5.91 Å². The first-order valence-corrected chi connectivity index (χ1v) is 6.28. The molecule has 7 nitrogen and oxygen atoms in total. The van der Waals surface area contributed by atoms with Crippen molar-refractivity contribution in [3.63, 3.8) is 0 Å². The van der Waals surface area contributed by atoms with Gasteiger partial charge in [0.15, 0.2) is 0 Å². The first-order valence-electron chi connectivity index (χ1n) is 6.28. The summed E-state index contributed by atoms with van der Waals surface area (Å²) in [5.74, 6) is -1.35. The fourth-order valence-electron chi connectivity index (χ4n) is 1.57. The van der Waals surface area contributed by atoms with Crippen LogP contribution in [0.5, 0.6) is 0 Å². The van der Waals surface area contributed by atoms with Gasteiger partial charge in [-0.15, -0.1) is 0 Å². The highest BCUT2D eigenvalue weighted by Crippen LogP contribution is 2.17. The van der Waals surface area contributed by atoms with Crippen LogP contribution in [0.25, 0.3) is 0 Å². The number of carbonyl (C=O) groups excluding carboxylic acids is 2. The quantitative estimate of drug-likeness (QED) is 0.874. The molecule has 1 aromatic carbocycles. The number of carboxylic acid groups (broad SMARTS) is 1. The number of aromatic carboxylic acids is 1. The van der Waals surface area contributed by atoms with Gasteiger partial charge in [0.25, 0.3) is 0 Å². The first kappa shape index (κ1) is 16.5. The summed E-state index contributed by atoms with van der Waals surface area (Å²) in [6.07, 6.45) is 0. The molecule has 1 rings (SSSR count). The van der Waals surface area contributed by atoms with E-state index >= 15 is 0 Å². The molecule has 0 fully saturated rings. The SMILES string of the molecule is Cc1ccc(NC(=O)N(C)CC(=O)N(C)C)c(C(=O)O)c1. The zero-order chi connectivity index (χ0) is 16.2. The number of rotatable bonds is 4. The van der Waals surface area contributed by atoms with E-state index in [-0.39, 0.29) is 23.7 Å². The van der Waals surface area contributed by atoms with E-state index in [0.717, 1.165) is 5.56 Å². The Labute approximate surface area is 123 Å². The minimum Gasteiger partial charge on any atom is -0.478 e. The number of hydrogen-bond acceptors (Lipinski definition) is 3. The number of hydrogen-bond donors (Lipinski definition) is 2. The maximum Gasteiger partial charge on any atom is 0.337 e. The van der Waals surface area contributed by atoms with Gasteiger partial charge in [-0.25, -0.2) is 9.59 Å². The van der Waals surface area contributed by atoms with Gasteiger partial charge in [0, 0.05) is 21.1 Å². The summed E-state index contributed by atoms with van der Waals surface area (Å²) in [7, 11) is 4.65. The molecule has 0 aliphatic rings. The van der Waals surface area contributed by atoms with E-state index in [1.807, 2.05) is 0 Å². The second kappa shape index (κ2) is 6.74. The predicted molar refractivity (Wildman–Crippen MR) is 78.5 cm³/mol. The van der Waals surface area contributed by atoms with Crippen LogP contribution < -0.4 is 5.32 Å². The number of carbonyl (C=O) groups is 3. The van der Waals surface area contributed by atoms with Crippen molar-refractivity contribution in [2.24, 2.45) is 0 Å². The minimum atomic E-state index is -1.12. The normalized spacial score (nSPS) is 9.90. The van der Waals surface area contributed by atoms with Gasteiger partial charge in [0.05, 0.1) is 11.3 Å². The van der Waals surface area contributed by atoms with Crippen molar-refractivity contribution >= 4 is 23.6 Å². The molecule has 7 heteroatoms. The molecule has 0 aliphatic heterocycles. The fraction of sp³-hybridized carbons (Fsp3) is 0.357. The van der Waals surface area contributed by atoms with Gasteiger partial charge in [-0.1, -0.05) is 11.6 Å². The molecule has 0 unspecified atom stereocenters. The van der Waals surface area contributed by atoms with Gasteiger partial charge in [-0.05, 0) is 19.1 Å². The highest BCUT2D eigenvalue weighted by Gasteiger charge is 2.17. The zero-order valence-electron chi connectivity index (χ0n) is 12.5. The number of aryl methyl sites for hydroxylation is 1. The highest BCUT2D eigenvalue weighted by atomic mass is 16.4. The predicted octanol–water partition coefficient (Wildman–Crippen LogP) is 1.25. The monoisotopic (exact) mass is 293 g/mol. The van der Waals surface area contributed by atoms with Crippen LogP contribution in [0.3, 0.4) is 0 Å². The fourth-order valence-corrected chi connectivity index (χ4v) is 1.57. The second-order valence-electron chi connectivity index (χ2n) is 4.93. The molecule has 0 bridgehead atoms. The molecule has 0 saturated heterocycles. The third-order valence-corrected chi connectivity index (χ3v) is 2.87. The Balaban J connectivity index is 2.84. The van der Waals surface area contributed by atoms with Crippen LogP contribution in [0.4, 0.5) is 10.5 Å². The van der Waals surface area contributed by atoms with Crippen LogP contribution in [0, 0.1) is 6.92 Å². The Hall–Kier alpha value is -2.57. The van der Waals surface area contributed by atoms with Crippen molar-refractivity contribution in [3.05, 3.63) is 29.3 Å². The minimum absolute atomic E-state index is 0.00989. The average Bonchev–Trinajstić information content (AvgIpc) is 2.40. The Kier molecular flexibility index (Phi) is 5.29. The van der Waals surface area contributed by atoms with Crippen LogP contribution in [0.1, 0.15) is 15.9 Å². The molecule has 0 heterocycles. The van der Waals surface area contributed by atoms with Gasteiger partial charge >= 0.3 is 12.0 Å². The second-order valence-corrected chi connectivity index (χ2v) is 4.93. The molecule has 2 N–H and O–H groups in total. The molecule has 114 valence electrons.